The standard InChI is InChI=1S/C12H14BF2NO6S/c1-11(2)12(3,4)22-13(21-11)7-5-8(14)9(16(17)18)6-10(7)23(15,19)20/h5-6H,1-4H3. The normalized spacial score (nSPS) is 19.8. The fourth-order valence-corrected chi connectivity index (χ4v) is 2.75. The molecule has 0 radical (unpaired) electrons. The highest BCUT2D eigenvalue weighted by Crippen LogP contribution is 2.37. The molecule has 0 aliphatic carbocycles. The van der Waals surface area contributed by atoms with Gasteiger partial charge in [-0.05, 0) is 33.8 Å². The molecule has 1 aliphatic heterocycles. The molecule has 1 heterocycles. The Morgan fingerprint density at radius 1 is 1.17 bits per heavy atom. The zero-order chi connectivity index (χ0) is 17.8. The molecule has 0 N–H and O–H groups in total. The lowest BCUT2D eigenvalue weighted by Gasteiger charge is -2.32. The van der Waals surface area contributed by atoms with E-state index in [1.807, 2.05) is 0 Å². The van der Waals surface area contributed by atoms with Crippen LogP contribution >= 0.6 is 0 Å². The van der Waals surface area contributed by atoms with Crippen LogP contribution < -0.4 is 5.46 Å². The van der Waals surface area contributed by atoms with E-state index in [-0.39, 0.29) is 0 Å². The van der Waals surface area contributed by atoms with Gasteiger partial charge in [0.05, 0.1) is 16.1 Å². The van der Waals surface area contributed by atoms with E-state index >= 15 is 0 Å². The fraction of sp³-hybridized carbons (Fsp3) is 0.500. The third-order valence-electron chi connectivity index (χ3n) is 4.05. The largest absolute Gasteiger partial charge is 0.496 e. The Labute approximate surface area is 132 Å². The van der Waals surface area contributed by atoms with Crippen molar-refractivity contribution in [3.05, 3.63) is 28.1 Å². The van der Waals surface area contributed by atoms with E-state index in [0.29, 0.717) is 12.1 Å². The minimum absolute atomic E-state index is 0.324. The highest BCUT2D eigenvalue weighted by atomic mass is 32.3. The number of halogens is 2. The molecule has 126 valence electrons. The predicted molar refractivity (Wildman–Crippen MR) is 77.1 cm³/mol. The SMILES string of the molecule is CC1(C)OB(c2cc(F)c([N+](=O)[O-])cc2S(=O)(=O)F)OC1(C)C. The van der Waals surface area contributed by atoms with Crippen LogP contribution in [0.25, 0.3) is 0 Å². The summed E-state index contributed by atoms with van der Waals surface area (Å²) >= 11 is 0. The van der Waals surface area contributed by atoms with E-state index in [4.69, 9.17) is 9.31 Å². The van der Waals surface area contributed by atoms with Crippen molar-refractivity contribution in [3.8, 4) is 0 Å². The first kappa shape index (κ1) is 17.8. The van der Waals surface area contributed by atoms with Crippen molar-refractivity contribution < 1.29 is 30.9 Å². The molecule has 2 rings (SSSR count). The molecule has 11 heteroatoms. The number of benzene rings is 1. The Hall–Kier alpha value is -1.59. The summed E-state index contributed by atoms with van der Waals surface area (Å²) in [5.74, 6) is -1.31. The van der Waals surface area contributed by atoms with Crippen LogP contribution in [0.1, 0.15) is 27.7 Å². The van der Waals surface area contributed by atoms with Crippen molar-refractivity contribution in [2.75, 3.05) is 0 Å². The first-order valence-corrected chi connectivity index (χ1v) is 7.93. The zero-order valence-electron chi connectivity index (χ0n) is 12.8. The highest BCUT2D eigenvalue weighted by Gasteiger charge is 2.53. The van der Waals surface area contributed by atoms with Crippen LogP contribution in [0, 0.1) is 15.9 Å². The lowest BCUT2D eigenvalue weighted by atomic mass is 9.79. The molecule has 0 unspecified atom stereocenters. The van der Waals surface area contributed by atoms with Gasteiger partial charge in [0.25, 0.3) is 0 Å². The van der Waals surface area contributed by atoms with Crippen molar-refractivity contribution >= 4 is 28.5 Å². The van der Waals surface area contributed by atoms with Gasteiger partial charge in [-0.3, -0.25) is 10.1 Å². The lowest BCUT2D eigenvalue weighted by molar-refractivity contribution is -0.387. The minimum Gasteiger partial charge on any atom is -0.399 e. The average molecular weight is 349 g/mol. The van der Waals surface area contributed by atoms with E-state index in [9.17, 15) is 26.8 Å². The van der Waals surface area contributed by atoms with Gasteiger partial charge in [0.1, 0.15) is 4.90 Å². The monoisotopic (exact) mass is 349 g/mol. The molecule has 0 spiro atoms. The third-order valence-corrected chi connectivity index (χ3v) is 4.92. The summed E-state index contributed by atoms with van der Waals surface area (Å²) in [4.78, 5) is 8.53. The van der Waals surface area contributed by atoms with E-state index in [2.05, 4.69) is 0 Å². The van der Waals surface area contributed by atoms with Crippen LogP contribution in [0.4, 0.5) is 14.0 Å². The minimum atomic E-state index is -5.35. The van der Waals surface area contributed by atoms with Crippen LogP contribution in [0.15, 0.2) is 17.0 Å². The Kier molecular flexibility index (Phi) is 4.03. The smallest absolute Gasteiger partial charge is 0.399 e. The molecule has 0 atom stereocenters. The van der Waals surface area contributed by atoms with Gasteiger partial charge in [0.15, 0.2) is 5.82 Å². The quantitative estimate of drug-likeness (QED) is 0.357. The van der Waals surface area contributed by atoms with Crippen molar-refractivity contribution in [2.45, 2.75) is 43.8 Å². The predicted octanol–water partition coefficient (Wildman–Crippen LogP) is 1.69. The molecule has 0 bridgehead atoms. The maximum absolute atomic E-state index is 13.8. The number of rotatable bonds is 3. The fourth-order valence-electron chi connectivity index (χ4n) is 2.06. The Morgan fingerprint density at radius 2 is 1.65 bits per heavy atom. The van der Waals surface area contributed by atoms with Crippen LogP contribution in [0.5, 0.6) is 0 Å². The molecule has 1 aliphatic rings. The highest BCUT2D eigenvalue weighted by molar-refractivity contribution is 7.86. The summed E-state index contributed by atoms with van der Waals surface area (Å²) < 4.78 is 61.0. The second-order valence-corrected chi connectivity index (χ2v) is 7.44. The molecule has 0 saturated carbocycles. The van der Waals surface area contributed by atoms with Crippen LogP contribution in [-0.2, 0) is 19.5 Å². The summed E-state index contributed by atoms with van der Waals surface area (Å²) in [7, 11) is -6.73. The topological polar surface area (TPSA) is 95.7 Å². The second-order valence-electron chi connectivity index (χ2n) is 6.12. The van der Waals surface area contributed by atoms with E-state index in [1.54, 1.807) is 27.7 Å². The zero-order valence-corrected chi connectivity index (χ0v) is 13.6. The summed E-state index contributed by atoms with van der Waals surface area (Å²) in [5, 5.41) is 10.7. The molecule has 0 aromatic heterocycles. The molecular weight excluding hydrogens is 335 g/mol. The van der Waals surface area contributed by atoms with Gasteiger partial charge >= 0.3 is 23.0 Å². The van der Waals surface area contributed by atoms with Gasteiger partial charge in [-0.15, -0.1) is 3.89 Å². The Balaban J connectivity index is 2.64. The van der Waals surface area contributed by atoms with E-state index in [1.165, 1.54) is 0 Å². The average Bonchev–Trinajstić information content (AvgIpc) is 2.56. The molecule has 23 heavy (non-hydrogen) atoms. The molecule has 1 aromatic carbocycles. The molecular formula is C12H14BF2NO6S. The second kappa shape index (κ2) is 5.21. The van der Waals surface area contributed by atoms with Gasteiger partial charge in [-0.2, -0.15) is 12.8 Å². The van der Waals surface area contributed by atoms with E-state index < -0.39 is 55.3 Å². The van der Waals surface area contributed by atoms with Gasteiger partial charge in [0, 0.05) is 11.5 Å². The van der Waals surface area contributed by atoms with Crippen molar-refractivity contribution in [1.82, 2.24) is 0 Å². The first-order valence-electron chi connectivity index (χ1n) is 6.54. The van der Waals surface area contributed by atoms with Crippen LogP contribution in [0.2, 0.25) is 0 Å². The van der Waals surface area contributed by atoms with Gasteiger partial charge < -0.3 is 9.31 Å². The number of nitro benzene ring substituents is 1. The maximum Gasteiger partial charge on any atom is 0.496 e. The van der Waals surface area contributed by atoms with Crippen LogP contribution in [0.3, 0.4) is 0 Å². The van der Waals surface area contributed by atoms with Crippen LogP contribution in [-0.4, -0.2) is 31.7 Å². The number of nitrogens with zero attached hydrogens (tertiary/aromatic N) is 1. The number of hydrogen-bond acceptors (Lipinski definition) is 6. The van der Waals surface area contributed by atoms with Gasteiger partial charge in [-0.25, -0.2) is 0 Å². The molecule has 1 fully saturated rings. The van der Waals surface area contributed by atoms with Crippen molar-refractivity contribution in [3.63, 3.8) is 0 Å². The van der Waals surface area contributed by atoms with Gasteiger partial charge in [0.2, 0.25) is 0 Å². The molecule has 1 saturated heterocycles. The first-order chi connectivity index (χ1) is 10.3. The summed E-state index contributed by atoms with van der Waals surface area (Å²) in [6.45, 7) is 6.66. The third kappa shape index (κ3) is 3.08. The molecule has 7 nitrogen and oxygen atoms in total. The van der Waals surface area contributed by atoms with E-state index in [0.717, 1.165) is 0 Å². The van der Waals surface area contributed by atoms with Gasteiger partial charge in [-0.1, -0.05) is 0 Å². The number of nitro groups is 1. The molecule has 0 amide bonds. The Morgan fingerprint density at radius 3 is 2.04 bits per heavy atom. The van der Waals surface area contributed by atoms with Crippen molar-refractivity contribution in [2.24, 2.45) is 0 Å². The Bertz CT molecular complexity index is 764. The van der Waals surface area contributed by atoms with Crippen molar-refractivity contribution in [1.29, 1.82) is 0 Å². The summed E-state index contributed by atoms with van der Waals surface area (Å²) in [6.07, 6.45) is 0. The maximum atomic E-state index is 13.8. The lowest BCUT2D eigenvalue weighted by Crippen LogP contribution is -2.41. The number of hydrogen-bond donors (Lipinski definition) is 0. The summed E-state index contributed by atoms with van der Waals surface area (Å²) in [6, 6.07) is 0.873. The summed E-state index contributed by atoms with van der Waals surface area (Å²) in [5.41, 5.74) is -3.38. The molecule has 1 aromatic rings.